The van der Waals surface area contributed by atoms with Crippen LogP contribution in [0.5, 0.6) is 0 Å². The summed E-state index contributed by atoms with van der Waals surface area (Å²) in [5, 5.41) is 10.4. The number of anilines is 2. The summed E-state index contributed by atoms with van der Waals surface area (Å²) in [5.74, 6) is -2.35. The Balaban J connectivity index is 0.000000572. The van der Waals surface area contributed by atoms with Gasteiger partial charge in [0.1, 0.15) is 11.6 Å². The minimum absolute atomic E-state index is 0.170. The molecule has 1 aliphatic heterocycles. The van der Waals surface area contributed by atoms with Crippen LogP contribution in [0.15, 0.2) is 23.8 Å². The zero-order chi connectivity index (χ0) is 26.9. The van der Waals surface area contributed by atoms with Gasteiger partial charge in [-0.2, -0.15) is 17.5 Å². The third-order valence-corrected chi connectivity index (χ3v) is 5.88. The lowest BCUT2D eigenvalue weighted by molar-refractivity contribution is -0.192. The fourth-order valence-electron chi connectivity index (χ4n) is 3.21. The number of halogens is 4. The maximum atomic E-state index is 14.6. The van der Waals surface area contributed by atoms with Crippen molar-refractivity contribution in [1.29, 1.82) is 0 Å². The Bertz CT molecular complexity index is 1070. The number of aryl methyl sites for hydroxylation is 1. The number of benzene rings is 1. The number of hydrogen-bond donors (Lipinski definition) is 3. The van der Waals surface area contributed by atoms with Crippen molar-refractivity contribution in [2.45, 2.75) is 32.4 Å². The molecule has 0 unspecified atom stereocenters. The Morgan fingerprint density at radius 3 is 2.44 bits per heavy atom. The molecule has 3 rings (SSSR count). The topological polar surface area (TPSA) is 125 Å². The number of carboxylic acid groups (broad SMARTS) is 1. The van der Waals surface area contributed by atoms with Crippen molar-refractivity contribution in [3.63, 3.8) is 0 Å². The highest BCUT2D eigenvalue weighted by atomic mass is 32.1. The maximum Gasteiger partial charge on any atom is 0.490 e. The molecule has 4 N–H and O–H groups in total. The largest absolute Gasteiger partial charge is 0.490 e. The Kier molecular flexibility index (Phi) is 10.6. The summed E-state index contributed by atoms with van der Waals surface area (Å²) in [4.78, 5) is 29.1. The summed E-state index contributed by atoms with van der Waals surface area (Å²) in [7, 11) is 1.94. The van der Waals surface area contributed by atoms with E-state index in [0.29, 0.717) is 36.2 Å². The molecule has 0 saturated carbocycles. The molecule has 1 saturated heterocycles. The molecule has 0 aliphatic carbocycles. The molecule has 1 aromatic heterocycles. The van der Waals surface area contributed by atoms with Crippen LogP contribution in [0.25, 0.3) is 6.08 Å². The second-order valence-corrected chi connectivity index (χ2v) is 8.69. The van der Waals surface area contributed by atoms with Gasteiger partial charge in [0, 0.05) is 49.5 Å². The fraction of sp³-hybridized carbons (Fsp3) is 0.455. The number of nitrogens with two attached hydrogens (primary N) is 1. The van der Waals surface area contributed by atoms with Crippen molar-refractivity contribution >= 4 is 40.4 Å². The molecule has 2 amide bonds. The molecule has 0 spiro atoms. The van der Waals surface area contributed by atoms with Gasteiger partial charge < -0.3 is 20.6 Å². The zero-order valence-corrected chi connectivity index (χ0v) is 20.6. The Morgan fingerprint density at radius 1 is 1.31 bits per heavy atom. The highest BCUT2D eigenvalue weighted by molar-refractivity contribution is 7.09. The summed E-state index contributed by atoms with van der Waals surface area (Å²) in [6, 6.07) is 5.14. The zero-order valence-electron chi connectivity index (χ0n) is 19.8. The predicted molar refractivity (Wildman–Crippen MR) is 129 cm³/mol. The number of amides is 2. The van der Waals surface area contributed by atoms with Crippen LogP contribution < -0.4 is 16.0 Å². The van der Waals surface area contributed by atoms with Crippen LogP contribution >= 0.6 is 11.5 Å². The Hall–Kier alpha value is -3.26. The van der Waals surface area contributed by atoms with Crippen molar-refractivity contribution in [3.8, 4) is 0 Å². The van der Waals surface area contributed by atoms with E-state index in [1.54, 1.807) is 17.9 Å². The lowest BCUT2D eigenvalue weighted by Gasteiger charge is -2.28. The standard InChI is InChI=1S/C20H27FN6OS.C2HF3O2/c1-14-23-19(29-25-14)24-20(28)27-10-6-15(7-11-27)12-16-4-5-17(13-18(16)21)26(2)9-3-8-22;3-2(4,5)1(6)7/h4-5,12-13H,3,6-11,22H2,1-2H3,(H,23,24,25,28);(H,6,7). The van der Waals surface area contributed by atoms with E-state index in [-0.39, 0.29) is 11.8 Å². The third-order valence-electron chi connectivity index (χ3n) is 5.16. The average Bonchev–Trinajstić information content (AvgIpc) is 3.23. The van der Waals surface area contributed by atoms with E-state index >= 15 is 0 Å². The number of alkyl halides is 3. The van der Waals surface area contributed by atoms with Crippen LogP contribution in [-0.4, -0.2) is 70.8 Å². The number of urea groups is 1. The lowest BCUT2D eigenvalue weighted by Crippen LogP contribution is -2.39. The number of likely N-dealkylation sites (tertiary alicyclic amines) is 1. The number of hydrogen-bond acceptors (Lipinski definition) is 7. The monoisotopic (exact) mass is 532 g/mol. The highest BCUT2D eigenvalue weighted by Gasteiger charge is 2.38. The molecule has 2 aromatic rings. The van der Waals surface area contributed by atoms with Gasteiger partial charge in [0.25, 0.3) is 0 Å². The minimum Gasteiger partial charge on any atom is -0.475 e. The number of piperidine rings is 1. The van der Waals surface area contributed by atoms with E-state index in [2.05, 4.69) is 14.7 Å². The van der Waals surface area contributed by atoms with Gasteiger partial charge in [0.15, 0.2) is 0 Å². The third kappa shape index (κ3) is 9.07. The molecule has 1 aromatic carbocycles. The number of rotatable bonds is 6. The highest BCUT2D eigenvalue weighted by Crippen LogP contribution is 2.24. The van der Waals surface area contributed by atoms with Crippen LogP contribution in [0.1, 0.15) is 30.7 Å². The molecule has 36 heavy (non-hydrogen) atoms. The van der Waals surface area contributed by atoms with Crippen LogP contribution in [0.4, 0.5) is 33.2 Å². The van der Waals surface area contributed by atoms with Gasteiger partial charge in [-0.05, 0) is 50.9 Å². The molecule has 1 fully saturated rings. The number of aromatic nitrogens is 2. The first-order chi connectivity index (χ1) is 16.9. The fourth-order valence-corrected chi connectivity index (χ4v) is 3.77. The molecule has 1 aliphatic rings. The van der Waals surface area contributed by atoms with Gasteiger partial charge >= 0.3 is 18.2 Å². The molecule has 0 radical (unpaired) electrons. The van der Waals surface area contributed by atoms with E-state index in [0.717, 1.165) is 37.1 Å². The molecule has 0 bridgehead atoms. The number of nitrogens with one attached hydrogen (secondary N) is 1. The summed E-state index contributed by atoms with van der Waals surface area (Å²) >= 11 is 1.17. The van der Waals surface area contributed by atoms with E-state index in [1.807, 2.05) is 30.2 Å². The number of carboxylic acids is 1. The van der Waals surface area contributed by atoms with Crippen LogP contribution in [0.2, 0.25) is 0 Å². The molecule has 14 heteroatoms. The molecular weight excluding hydrogens is 504 g/mol. The predicted octanol–water partition coefficient (Wildman–Crippen LogP) is 4.12. The van der Waals surface area contributed by atoms with E-state index < -0.39 is 12.1 Å². The first kappa shape index (κ1) is 29.0. The van der Waals surface area contributed by atoms with Crippen molar-refractivity contribution in [2.24, 2.45) is 5.73 Å². The van der Waals surface area contributed by atoms with Gasteiger partial charge in [0.05, 0.1) is 0 Å². The summed E-state index contributed by atoms with van der Waals surface area (Å²) < 4.78 is 50.3. The summed E-state index contributed by atoms with van der Waals surface area (Å²) in [5.41, 5.74) is 8.11. The van der Waals surface area contributed by atoms with Gasteiger partial charge in [-0.25, -0.2) is 19.0 Å². The quantitative estimate of drug-likeness (QED) is 0.478. The van der Waals surface area contributed by atoms with Crippen molar-refractivity contribution in [2.75, 3.05) is 43.4 Å². The van der Waals surface area contributed by atoms with Crippen molar-refractivity contribution in [1.82, 2.24) is 14.3 Å². The van der Waals surface area contributed by atoms with Crippen molar-refractivity contribution in [3.05, 3.63) is 41.0 Å². The molecule has 9 nitrogen and oxygen atoms in total. The molecule has 0 atom stereocenters. The van der Waals surface area contributed by atoms with Gasteiger partial charge in [-0.3, -0.25) is 5.32 Å². The smallest absolute Gasteiger partial charge is 0.475 e. The minimum atomic E-state index is -5.08. The maximum absolute atomic E-state index is 14.6. The van der Waals surface area contributed by atoms with E-state index in [9.17, 15) is 22.4 Å². The Morgan fingerprint density at radius 2 is 1.94 bits per heavy atom. The van der Waals surface area contributed by atoms with Gasteiger partial charge in [-0.15, -0.1) is 0 Å². The average molecular weight is 533 g/mol. The first-order valence-electron chi connectivity index (χ1n) is 11.0. The van der Waals surface area contributed by atoms with Crippen LogP contribution in [0.3, 0.4) is 0 Å². The molecular formula is C22H28F4N6O3S. The van der Waals surface area contributed by atoms with Crippen LogP contribution in [-0.2, 0) is 4.79 Å². The van der Waals surface area contributed by atoms with Crippen molar-refractivity contribution < 1.29 is 32.3 Å². The number of carbonyl (C=O) groups excluding carboxylic acids is 1. The van der Waals surface area contributed by atoms with Crippen LogP contribution in [0, 0.1) is 12.7 Å². The summed E-state index contributed by atoms with van der Waals surface area (Å²) in [6.07, 6.45) is -0.866. The number of nitrogens with zero attached hydrogens (tertiary/aromatic N) is 4. The van der Waals surface area contributed by atoms with E-state index in [4.69, 9.17) is 15.6 Å². The second kappa shape index (κ2) is 13.2. The summed E-state index contributed by atoms with van der Waals surface area (Å²) in [6.45, 7) is 4.39. The Labute approximate surface area is 209 Å². The normalized spacial score (nSPS) is 13.5. The lowest BCUT2D eigenvalue weighted by atomic mass is 10.0. The van der Waals surface area contributed by atoms with E-state index in [1.165, 1.54) is 11.5 Å². The van der Waals surface area contributed by atoms with Gasteiger partial charge in [-0.1, -0.05) is 11.6 Å². The number of carbonyl (C=O) groups is 2. The first-order valence-corrected chi connectivity index (χ1v) is 11.7. The molecule has 198 valence electrons. The SMILES string of the molecule is Cc1nsc(NC(=O)N2CCC(=Cc3ccc(N(C)CCCN)cc3F)CC2)n1.O=C(O)C(F)(F)F. The molecule has 2 heterocycles. The number of aliphatic carboxylic acids is 1. The van der Waals surface area contributed by atoms with Gasteiger partial charge in [0.2, 0.25) is 5.13 Å². The second-order valence-electron chi connectivity index (χ2n) is 7.94.